The molecule has 2 atom stereocenters. The minimum absolute atomic E-state index is 0.0989. The fourth-order valence-electron chi connectivity index (χ4n) is 3.43. The highest BCUT2D eigenvalue weighted by Gasteiger charge is 2.24. The van der Waals surface area contributed by atoms with Crippen LogP contribution in [0.3, 0.4) is 0 Å². The number of nitrogens with one attached hydrogen (secondary N) is 3. The summed E-state index contributed by atoms with van der Waals surface area (Å²) in [6.45, 7) is 12.0. The van der Waals surface area contributed by atoms with E-state index in [0.29, 0.717) is 12.6 Å². The van der Waals surface area contributed by atoms with Crippen LogP contribution >= 0.6 is 0 Å². The molecule has 0 radical (unpaired) electrons. The van der Waals surface area contributed by atoms with Crippen LogP contribution in [-0.2, 0) is 9.47 Å². The summed E-state index contributed by atoms with van der Waals surface area (Å²) in [5.41, 5.74) is -0.496. The van der Waals surface area contributed by atoms with Gasteiger partial charge in [0.15, 0.2) is 5.96 Å². The van der Waals surface area contributed by atoms with Gasteiger partial charge in [-0.2, -0.15) is 0 Å². The molecular formula is C21H43N5O3. The van der Waals surface area contributed by atoms with Crippen molar-refractivity contribution in [2.45, 2.75) is 77.5 Å². The van der Waals surface area contributed by atoms with Gasteiger partial charge < -0.3 is 25.4 Å². The largest absolute Gasteiger partial charge is 0.444 e. The van der Waals surface area contributed by atoms with Crippen molar-refractivity contribution in [1.82, 2.24) is 20.9 Å². The molecule has 170 valence electrons. The van der Waals surface area contributed by atoms with Gasteiger partial charge in [-0.3, -0.25) is 9.89 Å². The first-order valence-corrected chi connectivity index (χ1v) is 11.0. The maximum absolute atomic E-state index is 12.0. The summed E-state index contributed by atoms with van der Waals surface area (Å²) < 4.78 is 10.6. The molecule has 1 saturated heterocycles. The molecule has 0 aromatic heterocycles. The van der Waals surface area contributed by atoms with Crippen LogP contribution in [0.5, 0.6) is 0 Å². The second-order valence-corrected chi connectivity index (χ2v) is 8.64. The first-order chi connectivity index (χ1) is 13.8. The fourth-order valence-corrected chi connectivity index (χ4v) is 3.43. The number of carbonyl (C=O) groups excluding carboxylic acids is 1. The number of hydrogen-bond acceptors (Lipinski definition) is 5. The Balaban J connectivity index is 2.51. The number of likely N-dealkylation sites (tertiary alicyclic amines) is 1. The van der Waals surface area contributed by atoms with Crippen molar-refractivity contribution in [2.75, 3.05) is 46.9 Å². The summed E-state index contributed by atoms with van der Waals surface area (Å²) in [6, 6.07) is 0.597. The average molecular weight is 414 g/mol. The summed E-state index contributed by atoms with van der Waals surface area (Å²) in [5, 5.41) is 9.80. The molecule has 0 aromatic carbocycles. The van der Waals surface area contributed by atoms with Gasteiger partial charge in [-0.1, -0.05) is 19.8 Å². The average Bonchev–Trinajstić information content (AvgIpc) is 3.10. The van der Waals surface area contributed by atoms with Crippen molar-refractivity contribution in [3.63, 3.8) is 0 Å². The van der Waals surface area contributed by atoms with E-state index in [4.69, 9.17) is 9.47 Å². The SMILES string of the molecule is CCCCC(CNC(=O)OC(C)(C)C)NC(=NC)NCC1CCCN1CCOC. The third-order valence-electron chi connectivity index (χ3n) is 4.95. The normalized spacial score (nSPS) is 19.1. The third-order valence-corrected chi connectivity index (χ3v) is 4.95. The molecule has 0 aliphatic carbocycles. The number of ether oxygens (including phenoxy) is 2. The number of amides is 1. The molecule has 2 unspecified atom stereocenters. The number of aliphatic imine (C=N–C) groups is 1. The van der Waals surface area contributed by atoms with Gasteiger partial charge in [-0.15, -0.1) is 0 Å². The molecular weight excluding hydrogens is 370 g/mol. The minimum Gasteiger partial charge on any atom is -0.444 e. The number of methoxy groups -OCH3 is 1. The molecule has 0 aromatic rings. The lowest BCUT2D eigenvalue weighted by Gasteiger charge is -2.27. The van der Waals surface area contributed by atoms with Gasteiger partial charge in [0.05, 0.1) is 6.61 Å². The monoisotopic (exact) mass is 413 g/mol. The van der Waals surface area contributed by atoms with Gasteiger partial charge in [-0.25, -0.2) is 4.79 Å². The van der Waals surface area contributed by atoms with E-state index < -0.39 is 5.60 Å². The van der Waals surface area contributed by atoms with E-state index in [9.17, 15) is 4.79 Å². The van der Waals surface area contributed by atoms with E-state index in [0.717, 1.165) is 51.5 Å². The third kappa shape index (κ3) is 11.3. The van der Waals surface area contributed by atoms with Crippen LogP contribution in [0, 0.1) is 0 Å². The summed E-state index contributed by atoms with van der Waals surface area (Å²) in [4.78, 5) is 18.8. The van der Waals surface area contributed by atoms with Crippen molar-refractivity contribution in [2.24, 2.45) is 4.99 Å². The van der Waals surface area contributed by atoms with Crippen molar-refractivity contribution < 1.29 is 14.3 Å². The Kier molecular flexibility index (Phi) is 12.0. The van der Waals surface area contributed by atoms with Crippen LogP contribution in [0.15, 0.2) is 4.99 Å². The first kappa shape index (κ1) is 25.5. The zero-order chi connectivity index (χ0) is 21.7. The second kappa shape index (κ2) is 13.6. The molecule has 8 nitrogen and oxygen atoms in total. The number of guanidine groups is 1. The predicted molar refractivity (Wildman–Crippen MR) is 119 cm³/mol. The van der Waals surface area contributed by atoms with Crippen LogP contribution in [0.25, 0.3) is 0 Å². The molecule has 0 bridgehead atoms. The fraction of sp³-hybridized carbons (Fsp3) is 0.905. The lowest BCUT2D eigenvalue weighted by Crippen LogP contribution is -2.51. The van der Waals surface area contributed by atoms with Crippen LogP contribution < -0.4 is 16.0 Å². The zero-order valence-electron chi connectivity index (χ0n) is 19.3. The van der Waals surface area contributed by atoms with Crippen molar-refractivity contribution >= 4 is 12.1 Å². The zero-order valence-corrected chi connectivity index (χ0v) is 19.3. The van der Waals surface area contributed by atoms with Crippen molar-refractivity contribution in [3.05, 3.63) is 0 Å². The van der Waals surface area contributed by atoms with E-state index in [1.54, 1.807) is 14.2 Å². The van der Waals surface area contributed by atoms with Crippen molar-refractivity contribution in [3.8, 4) is 0 Å². The molecule has 1 fully saturated rings. The molecule has 0 saturated carbocycles. The molecule has 0 spiro atoms. The Labute approximate surface area is 177 Å². The topological polar surface area (TPSA) is 87.2 Å². The standard InChI is InChI=1S/C21H43N5O3/c1-7-8-10-17(15-24-20(27)29-21(2,3)4)25-19(22-5)23-16-18-11-9-12-26(18)13-14-28-6/h17-18H,7-16H2,1-6H3,(H,24,27)(H2,22,23,25). The highest BCUT2D eigenvalue weighted by molar-refractivity contribution is 5.80. The quantitative estimate of drug-likeness (QED) is 0.356. The Morgan fingerprint density at radius 1 is 1.31 bits per heavy atom. The van der Waals surface area contributed by atoms with E-state index in [1.807, 2.05) is 20.8 Å². The molecule has 29 heavy (non-hydrogen) atoms. The molecule has 1 aliphatic heterocycles. The number of unbranched alkanes of at least 4 members (excludes halogenated alkanes) is 1. The smallest absolute Gasteiger partial charge is 0.407 e. The van der Waals surface area contributed by atoms with E-state index >= 15 is 0 Å². The maximum atomic E-state index is 12.0. The van der Waals surface area contributed by atoms with Crippen LogP contribution in [0.4, 0.5) is 4.79 Å². The van der Waals surface area contributed by atoms with Crippen LogP contribution in [-0.4, -0.2) is 81.6 Å². The van der Waals surface area contributed by atoms with Crippen LogP contribution in [0.2, 0.25) is 0 Å². The Bertz CT molecular complexity index is 493. The highest BCUT2D eigenvalue weighted by Crippen LogP contribution is 2.15. The first-order valence-electron chi connectivity index (χ1n) is 11.0. The molecule has 1 rings (SSSR count). The van der Waals surface area contributed by atoms with Gasteiger partial charge in [-0.05, 0) is 46.6 Å². The predicted octanol–water partition coefficient (Wildman–Crippen LogP) is 2.35. The molecule has 1 aliphatic rings. The van der Waals surface area contributed by atoms with Gasteiger partial charge in [0.1, 0.15) is 5.60 Å². The Morgan fingerprint density at radius 2 is 2.07 bits per heavy atom. The van der Waals surface area contributed by atoms with E-state index in [-0.39, 0.29) is 12.1 Å². The lowest BCUT2D eigenvalue weighted by molar-refractivity contribution is 0.0522. The van der Waals surface area contributed by atoms with Gasteiger partial charge in [0.2, 0.25) is 0 Å². The van der Waals surface area contributed by atoms with Crippen LogP contribution in [0.1, 0.15) is 59.8 Å². The van der Waals surface area contributed by atoms with E-state index in [1.165, 1.54) is 12.8 Å². The second-order valence-electron chi connectivity index (χ2n) is 8.64. The van der Waals surface area contributed by atoms with Gasteiger partial charge in [0.25, 0.3) is 0 Å². The molecule has 8 heteroatoms. The van der Waals surface area contributed by atoms with Gasteiger partial charge >= 0.3 is 6.09 Å². The van der Waals surface area contributed by atoms with E-state index in [2.05, 4.69) is 32.8 Å². The maximum Gasteiger partial charge on any atom is 0.407 e. The molecule has 1 heterocycles. The molecule has 3 N–H and O–H groups in total. The number of hydrogen-bond donors (Lipinski definition) is 3. The summed E-state index contributed by atoms with van der Waals surface area (Å²) in [5.74, 6) is 0.774. The summed E-state index contributed by atoms with van der Waals surface area (Å²) in [6.07, 6.45) is 5.17. The Hall–Kier alpha value is -1.54. The minimum atomic E-state index is -0.496. The number of rotatable bonds is 11. The number of nitrogens with zero attached hydrogens (tertiary/aromatic N) is 2. The molecule has 1 amide bonds. The van der Waals surface area contributed by atoms with Crippen molar-refractivity contribution in [1.29, 1.82) is 0 Å². The summed E-state index contributed by atoms with van der Waals surface area (Å²) in [7, 11) is 3.53. The lowest BCUT2D eigenvalue weighted by atomic mass is 10.1. The summed E-state index contributed by atoms with van der Waals surface area (Å²) >= 11 is 0. The highest BCUT2D eigenvalue weighted by atomic mass is 16.6. The Morgan fingerprint density at radius 3 is 2.69 bits per heavy atom. The van der Waals surface area contributed by atoms with Gasteiger partial charge in [0, 0.05) is 45.9 Å². The number of alkyl carbamates (subject to hydrolysis) is 1. The number of carbonyl (C=O) groups is 1.